The van der Waals surface area contributed by atoms with Gasteiger partial charge in [0.25, 0.3) is 0 Å². The van der Waals surface area contributed by atoms with Gasteiger partial charge in [0.15, 0.2) is 5.17 Å². The fraction of sp³-hybridized carbons (Fsp3) is 0.579. The Labute approximate surface area is 172 Å². The van der Waals surface area contributed by atoms with Crippen molar-refractivity contribution in [2.45, 2.75) is 51.2 Å². The van der Waals surface area contributed by atoms with Gasteiger partial charge in [-0.15, -0.1) is 11.3 Å². The average molecular weight is 424 g/mol. The standard InChI is InChI=1S/C19H25N3O4S2/c1-4-20-19-22(5-2)17(24)13(28-19)10-14(23)21-16-15(18(25)26-3)11-8-6-7-9-12(11)27-16/h13H,4-10H2,1-3H3,(H,21,23). The zero-order valence-electron chi connectivity index (χ0n) is 16.4. The highest BCUT2D eigenvalue weighted by Crippen LogP contribution is 2.39. The van der Waals surface area contributed by atoms with Crippen molar-refractivity contribution in [3.63, 3.8) is 0 Å². The molecule has 0 saturated carbocycles. The molecule has 1 aromatic heterocycles. The third-order valence-corrected chi connectivity index (χ3v) is 7.23. The summed E-state index contributed by atoms with van der Waals surface area (Å²) in [5.41, 5.74) is 1.48. The second-order valence-electron chi connectivity index (χ2n) is 6.60. The number of ether oxygens (including phenoxy) is 1. The Morgan fingerprint density at radius 2 is 2.04 bits per heavy atom. The van der Waals surface area contributed by atoms with Crippen LogP contribution in [0.4, 0.5) is 5.00 Å². The molecule has 1 aliphatic heterocycles. The molecule has 1 fully saturated rings. The van der Waals surface area contributed by atoms with Gasteiger partial charge in [0.1, 0.15) is 10.3 Å². The first-order valence-electron chi connectivity index (χ1n) is 9.55. The van der Waals surface area contributed by atoms with E-state index in [4.69, 9.17) is 4.74 Å². The second kappa shape index (κ2) is 9.09. The number of esters is 1. The molecular weight excluding hydrogens is 398 g/mol. The number of carbonyl (C=O) groups excluding carboxylic acids is 3. The fourth-order valence-electron chi connectivity index (χ4n) is 3.51. The molecule has 1 saturated heterocycles. The summed E-state index contributed by atoms with van der Waals surface area (Å²) in [6.45, 7) is 4.94. The lowest BCUT2D eigenvalue weighted by atomic mass is 9.95. The first-order valence-corrected chi connectivity index (χ1v) is 11.2. The summed E-state index contributed by atoms with van der Waals surface area (Å²) in [5, 5.41) is 3.59. The molecule has 152 valence electrons. The molecule has 7 nitrogen and oxygen atoms in total. The normalized spacial score (nSPS) is 20.4. The van der Waals surface area contributed by atoms with Crippen LogP contribution in [0.2, 0.25) is 0 Å². The summed E-state index contributed by atoms with van der Waals surface area (Å²) in [6, 6.07) is 0. The van der Waals surface area contributed by atoms with E-state index < -0.39 is 11.2 Å². The third-order valence-electron chi connectivity index (χ3n) is 4.81. The number of methoxy groups -OCH3 is 1. The molecule has 1 atom stereocenters. The Bertz CT molecular complexity index is 818. The lowest BCUT2D eigenvalue weighted by molar-refractivity contribution is -0.128. The van der Waals surface area contributed by atoms with E-state index in [1.54, 1.807) is 4.90 Å². The quantitative estimate of drug-likeness (QED) is 0.711. The van der Waals surface area contributed by atoms with Crippen LogP contribution in [0.25, 0.3) is 0 Å². The molecular formula is C19H25N3O4S2. The molecule has 0 bridgehead atoms. The van der Waals surface area contributed by atoms with Crippen molar-refractivity contribution in [2.24, 2.45) is 4.99 Å². The summed E-state index contributed by atoms with van der Waals surface area (Å²) in [5.74, 6) is -0.785. The van der Waals surface area contributed by atoms with E-state index in [9.17, 15) is 14.4 Å². The lowest BCUT2D eigenvalue weighted by Gasteiger charge is -2.13. The predicted molar refractivity (Wildman–Crippen MR) is 112 cm³/mol. The smallest absolute Gasteiger partial charge is 0.341 e. The second-order valence-corrected chi connectivity index (χ2v) is 8.88. The molecule has 1 aromatic rings. The van der Waals surface area contributed by atoms with Crippen LogP contribution in [0.1, 0.15) is 53.9 Å². The molecule has 1 N–H and O–H groups in total. The van der Waals surface area contributed by atoms with Crippen LogP contribution in [0.15, 0.2) is 4.99 Å². The number of amides is 2. The largest absolute Gasteiger partial charge is 0.465 e. The Kier molecular flexibility index (Phi) is 6.77. The van der Waals surface area contributed by atoms with Crippen LogP contribution in [0, 0.1) is 0 Å². The number of rotatable bonds is 6. The van der Waals surface area contributed by atoms with Crippen molar-refractivity contribution in [1.82, 2.24) is 4.90 Å². The number of nitrogens with zero attached hydrogens (tertiary/aromatic N) is 2. The Morgan fingerprint density at radius 1 is 1.29 bits per heavy atom. The van der Waals surface area contributed by atoms with Crippen LogP contribution < -0.4 is 5.32 Å². The number of hydrogen-bond donors (Lipinski definition) is 1. The lowest BCUT2D eigenvalue weighted by Crippen LogP contribution is -2.33. The van der Waals surface area contributed by atoms with E-state index in [2.05, 4.69) is 10.3 Å². The minimum absolute atomic E-state index is 0.0475. The number of amidine groups is 1. The van der Waals surface area contributed by atoms with Crippen molar-refractivity contribution in [3.8, 4) is 0 Å². The van der Waals surface area contributed by atoms with Gasteiger partial charge in [-0.3, -0.25) is 19.5 Å². The monoisotopic (exact) mass is 423 g/mol. The predicted octanol–water partition coefficient (Wildman–Crippen LogP) is 3.08. The van der Waals surface area contributed by atoms with E-state index in [1.165, 1.54) is 30.2 Å². The molecule has 9 heteroatoms. The maximum absolute atomic E-state index is 12.7. The van der Waals surface area contributed by atoms with Gasteiger partial charge in [-0.25, -0.2) is 4.79 Å². The van der Waals surface area contributed by atoms with Gasteiger partial charge in [-0.1, -0.05) is 11.8 Å². The van der Waals surface area contributed by atoms with E-state index >= 15 is 0 Å². The minimum Gasteiger partial charge on any atom is -0.465 e. The summed E-state index contributed by atoms with van der Waals surface area (Å²) < 4.78 is 4.94. The maximum Gasteiger partial charge on any atom is 0.341 e. The van der Waals surface area contributed by atoms with E-state index in [-0.39, 0.29) is 18.2 Å². The Hall–Kier alpha value is -1.87. The first-order chi connectivity index (χ1) is 13.5. The van der Waals surface area contributed by atoms with Gasteiger partial charge in [-0.2, -0.15) is 0 Å². The highest BCUT2D eigenvalue weighted by atomic mass is 32.2. The first kappa shape index (κ1) is 20.9. The highest BCUT2D eigenvalue weighted by molar-refractivity contribution is 8.15. The number of hydrogen-bond acceptors (Lipinski definition) is 7. The van der Waals surface area contributed by atoms with Crippen molar-refractivity contribution in [1.29, 1.82) is 0 Å². The van der Waals surface area contributed by atoms with Crippen molar-refractivity contribution >= 4 is 51.1 Å². The number of anilines is 1. The van der Waals surface area contributed by atoms with Crippen LogP contribution in [-0.4, -0.2) is 53.3 Å². The van der Waals surface area contributed by atoms with Crippen LogP contribution in [0.3, 0.4) is 0 Å². The van der Waals surface area contributed by atoms with Crippen molar-refractivity contribution in [3.05, 3.63) is 16.0 Å². The van der Waals surface area contributed by atoms with Gasteiger partial charge in [0.2, 0.25) is 11.8 Å². The molecule has 1 aliphatic carbocycles. The number of fused-ring (bicyclic) bond motifs is 1. The SMILES string of the molecule is CCN=C1SC(CC(=O)Nc2sc3c(c2C(=O)OC)CCCC3)C(=O)N1CC. The molecule has 0 radical (unpaired) electrons. The number of aryl methyl sites for hydroxylation is 1. The average Bonchev–Trinajstić information content (AvgIpc) is 3.18. The minimum atomic E-state index is -0.485. The highest BCUT2D eigenvalue weighted by Gasteiger charge is 2.38. The molecule has 0 aromatic carbocycles. The molecule has 2 heterocycles. The van der Waals surface area contributed by atoms with Gasteiger partial charge in [0, 0.05) is 24.4 Å². The fourth-order valence-corrected chi connectivity index (χ4v) is 6.07. The van der Waals surface area contributed by atoms with E-state index in [1.807, 2.05) is 13.8 Å². The van der Waals surface area contributed by atoms with E-state index in [0.29, 0.717) is 28.8 Å². The van der Waals surface area contributed by atoms with Crippen molar-refractivity contribution in [2.75, 3.05) is 25.5 Å². The molecule has 3 rings (SSSR count). The summed E-state index contributed by atoms with van der Waals surface area (Å²) in [6.07, 6.45) is 3.90. The number of aliphatic imine (C=N–C) groups is 1. The number of carbonyl (C=O) groups is 3. The summed E-state index contributed by atoms with van der Waals surface area (Å²) in [7, 11) is 1.35. The zero-order chi connectivity index (χ0) is 20.3. The van der Waals surface area contributed by atoms with Crippen LogP contribution in [-0.2, 0) is 27.2 Å². The Balaban J connectivity index is 1.75. The Morgan fingerprint density at radius 3 is 2.71 bits per heavy atom. The molecule has 1 unspecified atom stereocenters. The summed E-state index contributed by atoms with van der Waals surface area (Å²) >= 11 is 2.78. The topological polar surface area (TPSA) is 88.1 Å². The molecule has 0 spiro atoms. The van der Waals surface area contributed by atoms with Gasteiger partial charge in [0.05, 0.1) is 12.7 Å². The maximum atomic E-state index is 12.7. The van der Waals surface area contributed by atoms with Gasteiger partial charge >= 0.3 is 5.97 Å². The van der Waals surface area contributed by atoms with Gasteiger partial charge in [-0.05, 0) is 45.1 Å². The third kappa shape index (κ3) is 4.10. The van der Waals surface area contributed by atoms with Crippen molar-refractivity contribution < 1.29 is 19.1 Å². The van der Waals surface area contributed by atoms with E-state index in [0.717, 1.165) is 36.1 Å². The summed E-state index contributed by atoms with van der Waals surface area (Å²) in [4.78, 5) is 44.6. The number of thiophene rings is 1. The van der Waals surface area contributed by atoms with Gasteiger partial charge < -0.3 is 10.1 Å². The molecule has 2 aliphatic rings. The van der Waals surface area contributed by atoms with Crippen LogP contribution >= 0.6 is 23.1 Å². The van der Waals surface area contributed by atoms with Crippen LogP contribution in [0.5, 0.6) is 0 Å². The zero-order valence-corrected chi connectivity index (χ0v) is 18.0. The molecule has 28 heavy (non-hydrogen) atoms. The number of nitrogens with one attached hydrogen (secondary N) is 1. The molecule has 2 amide bonds. The number of thioether (sulfide) groups is 1.